The van der Waals surface area contributed by atoms with Crippen molar-refractivity contribution >= 4 is 17.3 Å². The van der Waals surface area contributed by atoms with Crippen LogP contribution in [0.5, 0.6) is 0 Å². The fourth-order valence-corrected chi connectivity index (χ4v) is 1.58. The van der Waals surface area contributed by atoms with E-state index < -0.39 is 24.3 Å². The molecule has 0 aromatic carbocycles. The molecule has 0 radical (unpaired) electrons. The van der Waals surface area contributed by atoms with Crippen LogP contribution in [-0.4, -0.2) is 33.4 Å². The van der Waals surface area contributed by atoms with E-state index >= 15 is 0 Å². The van der Waals surface area contributed by atoms with Gasteiger partial charge in [0, 0.05) is 11.6 Å². The lowest BCUT2D eigenvalue weighted by Gasteiger charge is -2.19. The molecular weight excluding hydrogens is 218 g/mol. The summed E-state index contributed by atoms with van der Waals surface area (Å²) in [4.78, 5) is 14.8. The Morgan fingerprint density at radius 3 is 2.67 bits per heavy atom. The Hall–Kier alpha value is -0.980. The lowest BCUT2D eigenvalue weighted by molar-refractivity contribution is -0.158. The molecule has 0 bridgehead atoms. The van der Waals surface area contributed by atoms with Crippen LogP contribution >= 0.6 is 11.3 Å². The van der Waals surface area contributed by atoms with Crippen molar-refractivity contribution in [1.29, 1.82) is 0 Å². The second-order valence-corrected chi connectivity index (χ2v) is 4.10. The van der Waals surface area contributed by atoms with Crippen LogP contribution in [0.15, 0.2) is 11.6 Å². The first kappa shape index (κ1) is 12.1. The van der Waals surface area contributed by atoms with Gasteiger partial charge >= 0.3 is 5.97 Å². The minimum absolute atomic E-state index is 0.384. The van der Waals surface area contributed by atoms with E-state index in [0.717, 1.165) is 0 Å². The number of aliphatic hydroxyl groups excluding tert-OH is 1. The highest BCUT2D eigenvalue weighted by Gasteiger charge is 2.26. The Labute approximate surface area is 91.3 Å². The maximum Gasteiger partial charge on any atom is 0.340 e. The Balaban J connectivity index is 2.72. The number of nitrogens with zero attached hydrogens (tertiary/aromatic N) is 1. The highest BCUT2D eigenvalue weighted by molar-refractivity contribution is 7.09. The van der Waals surface area contributed by atoms with Crippen LogP contribution < -0.4 is 0 Å². The molecule has 0 amide bonds. The van der Waals surface area contributed by atoms with Crippen molar-refractivity contribution < 1.29 is 19.7 Å². The third-order valence-corrected chi connectivity index (χ3v) is 2.75. The quantitative estimate of drug-likeness (QED) is 0.792. The van der Waals surface area contributed by atoms with Crippen LogP contribution in [0, 0.1) is 0 Å². The third-order valence-electron chi connectivity index (χ3n) is 1.93. The topological polar surface area (TPSA) is 79.7 Å². The molecule has 0 saturated heterocycles. The third kappa shape index (κ3) is 3.26. The van der Waals surface area contributed by atoms with E-state index in [4.69, 9.17) is 9.84 Å². The van der Waals surface area contributed by atoms with Gasteiger partial charge < -0.3 is 14.9 Å². The molecule has 84 valence electrons. The smallest absolute Gasteiger partial charge is 0.340 e. The van der Waals surface area contributed by atoms with Crippen LogP contribution in [0.25, 0.3) is 0 Å². The number of ether oxygens (including phenoxy) is 1. The van der Waals surface area contributed by atoms with Crippen molar-refractivity contribution in [3.8, 4) is 0 Å². The van der Waals surface area contributed by atoms with Crippen molar-refractivity contribution in [2.24, 2.45) is 0 Å². The Kier molecular flexibility index (Phi) is 4.19. The summed E-state index contributed by atoms with van der Waals surface area (Å²) in [5.41, 5.74) is 0. The van der Waals surface area contributed by atoms with Gasteiger partial charge in [0.15, 0.2) is 0 Å². The standard InChI is InChI=1S/C9H13NO4S/c1-5(11)6(2)14-7(9(12)13)8-10-3-4-15-8/h3-7,11H,1-2H3,(H,12,13). The van der Waals surface area contributed by atoms with Gasteiger partial charge in [-0.1, -0.05) is 0 Å². The minimum Gasteiger partial charge on any atom is -0.479 e. The molecule has 5 nitrogen and oxygen atoms in total. The average molecular weight is 231 g/mol. The predicted octanol–water partition coefficient (Wildman–Crippen LogP) is 1.05. The van der Waals surface area contributed by atoms with Gasteiger partial charge in [0.2, 0.25) is 6.10 Å². The zero-order valence-corrected chi connectivity index (χ0v) is 9.27. The molecule has 2 N–H and O–H groups in total. The maximum absolute atomic E-state index is 10.9. The van der Waals surface area contributed by atoms with Gasteiger partial charge in [-0.3, -0.25) is 0 Å². The Morgan fingerprint density at radius 2 is 2.27 bits per heavy atom. The van der Waals surface area contributed by atoms with Crippen LogP contribution in [0.3, 0.4) is 0 Å². The van der Waals surface area contributed by atoms with Gasteiger partial charge in [0.25, 0.3) is 0 Å². The zero-order valence-electron chi connectivity index (χ0n) is 8.45. The summed E-state index contributed by atoms with van der Waals surface area (Å²) in [7, 11) is 0. The van der Waals surface area contributed by atoms with Gasteiger partial charge in [0.05, 0.1) is 12.2 Å². The molecule has 6 heteroatoms. The molecule has 3 unspecified atom stereocenters. The first-order chi connectivity index (χ1) is 7.02. The summed E-state index contributed by atoms with van der Waals surface area (Å²) >= 11 is 1.21. The fourth-order valence-electron chi connectivity index (χ4n) is 0.914. The van der Waals surface area contributed by atoms with E-state index in [2.05, 4.69) is 4.98 Å². The summed E-state index contributed by atoms with van der Waals surface area (Å²) in [6.07, 6.45) is -0.844. The number of hydrogen-bond acceptors (Lipinski definition) is 5. The number of thiazole rings is 1. The number of carbonyl (C=O) groups is 1. The minimum atomic E-state index is -1.10. The highest BCUT2D eigenvalue weighted by atomic mass is 32.1. The monoisotopic (exact) mass is 231 g/mol. The van der Waals surface area contributed by atoms with E-state index in [1.165, 1.54) is 17.5 Å². The fraction of sp³-hybridized carbons (Fsp3) is 0.556. The normalized spacial score (nSPS) is 17.0. The second-order valence-electron chi connectivity index (χ2n) is 3.17. The molecular formula is C9H13NO4S. The molecule has 15 heavy (non-hydrogen) atoms. The summed E-state index contributed by atoms with van der Waals surface area (Å²) in [5.74, 6) is -1.10. The van der Waals surface area contributed by atoms with Crippen molar-refractivity contribution in [1.82, 2.24) is 4.98 Å². The van der Waals surface area contributed by atoms with Gasteiger partial charge in [-0.2, -0.15) is 0 Å². The number of aliphatic carboxylic acids is 1. The number of aromatic nitrogens is 1. The molecule has 1 aromatic rings. The van der Waals surface area contributed by atoms with Gasteiger partial charge in [0.1, 0.15) is 5.01 Å². The second kappa shape index (κ2) is 5.20. The molecule has 3 atom stereocenters. The van der Waals surface area contributed by atoms with Crippen molar-refractivity contribution in [3.05, 3.63) is 16.6 Å². The molecule has 1 heterocycles. The van der Waals surface area contributed by atoms with E-state index in [9.17, 15) is 9.90 Å². The number of carboxylic acid groups (broad SMARTS) is 1. The molecule has 0 spiro atoms. The summed E-state index contributed by atoms with van der Waals surface area (Å²) < 4.78 is 5.22. The van der Waals surface area contributed by atoms with E-state index in [-0.39, 0.29) is 0 Å². The average Bonchev–Trinajstić information content (AvgIpc) is 2.65. The van der Waals surface area contributed by atoms with E-state index in [1.54, 1.807) is 19.2 Å². The zero-order chi connectivity index (χ0) is 11.4. The maximum atomic E-state index is 10.9. The van der Waals surface area contributed by atoms with Crippen molar-refractivity contribution in [2.45, 2.75) is 32.2 Å². The van der Waals surface area contributed by atoms with Crippen molar-refractivity contribution in [3.63, 3.8) is 0 Å². The number of aliphatic hydroxyl groups is 1. The van der Waals surface area contributed by atoms with Crippen LogP contribution in [0.2, 0.25) is 0 Å². The number of carboxylic acids is 1. The number of rotatable bonds is 5. The molecule has 1 aromatic heterocycles. The molecule has 1 rings (SSSR count). The SMILES string of the molecule is CC(O)C(C)OC(C(=O)O)c1nccs1. The first-order valence-corrected chi connectivity index (χ1v) is 5.36. The molecule has 0 aliphatic carbocycles. The first-order valence-electron chi connectivity index (χ1n) is 4.48. The lowest BCUT2D eigenvalue weighted by atomic mass is 10.2. The summed E-state index contributed by atoms with van der Waals surface area (Å²) in [6, 6.07) is 0. The molecule has 0 saturated carbocycles. The summed E-state index contributed by atoms with van der Waals surface area (Å²) in [6.45, 7) is 3.17. The molecule has 0 aliphatic heterocycles. The predicted molar refractivity (Wildman–Crippen MR) is 54.7 cm³/mol. The van der Waals surface area contributed by atoms with Crippen LogP contribution in [0.4, 0.5) is 0 Å². The van der Waals surface area contributed by atoms with Gasteiger partial charge in [-0.15, -0.1) is 11.3 Å². The van der Waals surface area contributed by atoms with Crippen molar-refractivity contribution in [2.75, 3.05) is 0 Å². The van der Waals surface area contributed by atoms with E-state index in [1.807, 2.05) is 0 Å². The molecule has 0 aliphatic rings. The number of hydrogen-bond donors (Lipinski definition) is 2. The highest BCUT2D eigenvalue weighted by Crippen LogP contribution is 2.22. The largest absolute Gasteiger partial charge is 0.479 e. The van der Waals surface area contributed by atoms with Crippen LogP contribution in [0.1, 0.15) is 25.0 Å². The van der Waals surface area contributed by atoms with E-state index in [0.29, 0.717) is 5.01 Å². The van der Waals surface area contributed by atoms with Gasteiger partial charge in [-0.05, 0) is 13.8 Å². The molecule has 0 fully saturated rings. The summed E-state index contributed by atoms with van der Waals surface area (Å²) in [5, 5.41) is 20.2. The Morgan fingerprint density at radius 1 is 1.60 bits per heavy atom. The van der Waals surface area contributed by atoms with Crippen LogP contribution in [-0.2, 0) is 9.53 Å². The van der Waals surface area contributed by atoms with Gasteiger partial charge in [-0.25, -0.2) is 9.78 Å². The Bertz CT molecular complexity index is 312. The lowest BCUT2D eigenvalue weighted by Crippen LogP contribution is -2.28.